The third kappa shape index (κ3) is 4.60. The summed E-state index contributed by atoms with van der Waals surface area (Å²) in [5, 5.41) is 8.68. The van der Waals surface area contributed by atoms with Gasteiger partial charge in [0.25, 0.3) is 0 Å². The summed E-state index contributed by atoms with van der Waals surface area (Å²) in [6.07, 6.45) is 5.89. The van der Waals surface area contributed by atoms with Gasteiger partial charge >= 0.3 is 0 Å². The summed E-state index contributed by atoms with van der Waals surface area (Å²) in [7, 11) is 0. The fraction of sp³-hybridized carbons (Fsp3) is 0.316. The van der Waals surface area contributed by atoms with Gasteiger partial charge in [0.2, 0.25) is 5.91 Å². The van der Waals surface area contributed by atoms with Crippen LogP contribution in [-0.4, -0.2) is 27.4 Å². The lowest BCUT2D eigenvalue weighted by Gasteiger charge is -2.15. The largest absolute Gasteiger partial charge is 0.463 e. The predicted octanol–water partition coefficient (Wildman–Crippen LogP) is 4.44. The zero-order valence-electron chi connectivity index (χ0n) is 14.5. The van der Waals surface area contributed by atoms with Crippen molar-refractivity contribution in [2.75, 3.05) is 0 Å². The molecule has 1 aromatic heterocycles. The molecule has 0 N–H and O–H groups in total. The van der Waals surface area contributed by atoms with E-state index < -0.39 is 0 Å². The number of carbonyl (C=O) groups excluding carboxylic acids is 1. The number of benzene rings is 1. The summed E-state index contributed by atoms with van der Waals surface area (Å²) in [6, 6.07) is 9.68. The Hall–Kier alpha value is -2.41. The lowest BCUT2D eigenvalue weighted by Crippen LogP contribution is -2.31. The molecular weight excluding hydrogens is 353 g/mol. The molecular formula is C19H20FN3O2S. The average Bonchev–Trinajstić information content (AvgIpc) is 3.25. The van der Waals surface area contributed by atoms with Crippen LogP contribution in [0, 0.1) is 5.82 Å². The lowest BCUT2D eigenvalue weighted by molar-refractivity contribution is -0.126. The summed E-state index contributed by atoms with van der Waals surface area (Å²) in [6.45, 7) is 2.45. The molecule has 136 valence electrons. The molecule has 2 heterocycles. The van der Waals surface area contributed by atoms with Crippen molar-refractivity contribution in [2.45, 2.75) is 38.0 Å². The molecule has 3 rings (SSSR count). The molecule has 1 atom stereocenters. The first-order chi connectivity index (χ1) is 12.7. The molecule has 1 aliphatic heterocycles. The molecule has 1 fully saturated rings. The molecule has 1 amide bonds. The van der Waals surface area contributed by atoms with Crippen molar-refractivity contribution in [1.29, 1.82) is 0 Å². The second-order valence-corrected chi connectivity index (χ2v) is 7.11. The maximum atomic E-state index is 13.1. The summed E-state index contributed by atoms with van der Waals surface area (Å²) in [5.41, 5.74) is 0.846. The Balaban J connectivity index is 1.78. The summed E-state index contributed by atoms with van der Waals surface area (Å²) < 4.78 is 18.3. The van der Waals surface area contributed by atoms with E-state index in [0.717, 1.165) is 24.8 Å². The number of thioether (sulfide) groups is 1. The molecule has 1 aliphatic rings. The van der Waals surface area contributed by atoms with Gasteiger partial charge in [0.05, 0.1) is 24.3 Å². The van der Waals surface area contributed by atoms with E-state index >= 15 is 0 Å². The molecule has 0 radical (unpaired) electrons. The van der Waals surface area contributed by atoms with Crippen LogP contribution in [0.3, 0.4) is 0 Å². The summed E-state index contributed by atoms with van der Waals surface area (Å²) in [4.78, 5) is 14.4. The van der Waals surface area contributed by atoms with Crippen LogP contribution in [0.4, 0.5) is 4.39 Å². The Morgan fingerprint density at radius 3 is 2.81 bits per heavy atom. The number of nitrogens with zero attached hydrogens (tertiary/aromatic N) is 3. The van der Waals surface area contributed by atoms with Gasteiger partial charge in [0.1, 0.15) is 11.6 Å². The fourth-order valence-corrected chi connectivity index (χ4v) is 3.72. The number of hydrogen-bond acceptors (Lipinski definition) is 5. The quantitative estimate of drug-likeness (QED) is 0.532. The standard InChI is InChI=1S/C19H20FN3O2S/c1-2-3-6-17-18(24)23(13-14-7-9-15(20)10-8-14)19(26-17)22-21-12-16-5-4-11-25-16/h4-5,7-12,17H,2-3,6,13H2,1H3. The molecule has 0 aliphatic carbocycles. The maximum Gasteiger partial charge on any atom is 0.242 e. The highest BCUT2D eigenvalue weighted by molar-refractivity contribution is 8.15. The molecule has 1 aromatic carbocycles. The van der Waals surface area contributed by atoms with Crippen molar-refractivity contribution in [1.82, 2.24) is 4.90 Å². The van der Waals surface area contributed by atoms with Gasteiger partial charge in [-0.15, -0.1) is 5.10 Å². The molecule has 2 aromatic rings. The van der Waals surface area contributed by atoms with E-state index in [9.17, 15) is 9.18 Å². The SMILES string of the molecule is CCCCC1SC(=NN=Cc2ccco2)N(Cc2ccc(F)cc2)C1=O. The molecule has 1 unspecified atom stereocenters. The van der Waals surface area contributed by atoms with Crippen LogP contribution in [0.15, 0.2) is 57.3 Å². The van der Waals surface area contributed by atoms with E-state index in [1.165, 1.54) is 30.1 Å². The van der Waals surface area contributed by atoms with E-state index in [1.54, 1.807) is 35.4 Å². The molecule has 0 bridgehead atoms. The Labute approximate surface area is 156 Å². The Bertz CT molecular complexity index is 788. The van der Waals surface area contributed by atoms with E-state index in [2.05, 4.69) is 17.1 Å². The average molecular weight is 373 g/mol. The second kappa shape index (κ2) is 8.80. The highest BCUT2D eigenvalue weighted by Gasteiger charge is 2.37. The monoisotopic (exact) mass is 373 g/mol. The predicted molar refractivity (Wildman–Crippen MR) is 102 cm³/mol. The number of amidine groups is 1. The molecule has 7 heteroatoms. The summed E-state index contributed by atoms with van der Waals surface area (Å²) in [5.74, 6) is 0.324. The van der Waals surface area contributed by atoms with E-state index in [4.69, 9.17) is 4.42 Å². The van der Waals surface area contributed by atoms with Crippen molar-refractivity contribution in [3.8, 4) is 0 Å². The first-order valence-corrected chi connectivity index (χ1v) is 9.42. The van der Waals surface area contributed by atoms with Gasteiger partial charge in [-0.1, -0.05) is 43.7 Å². The van der Waals surface area contributed by atoms with E-state index in [1.807, 2.05) is 0 Å². The van der Waals surface area contributed by atoms with Crippen LogP contribution < -0.4 is 0 Å². The van der Waals surface area contributed by atoms with Crippen molar-refractivity contribution in [3.63, 3.8) is 0 Å². The Kier molecular flexibility index (Phi) is 6.22. The number of amides is 1. The maximum absolute atomic E-state index is 13.1. The lowest BCUT2D eigenvalue weighted by atomic mass is 10.1. The number of hydrogen-bond donors (Lipinski definition) is 0. The molecule has 1 saturated heterocycles. The normalized spacial score (nSPS) is 19.2. The fourth-order valence-electron chi connectivity index (χ4n) is 2.58. The van der Waals surface area contributed by atoms with E-state index in [-0.39, 0.29) is 17.0 Å². The topological polar surface area (TPSA) is 58.2 Å². The van der Waals surface area contributed by atoms with Crippen LogP contribution in [-0.2, 0) is 11.3 Å². The van der Waals surface area contributed by atoms with Crippen molar-refractivity contribution in [3.05, 3.63) is 59.8 Å². The van der Waals surface area contributed by atoms with Gasteiger partial charge in [0, 0.05) is 0 Å². The van der Waals surface area contributed by atoms with Crippen molar-refractivity contribution >= 4 is 29.1 Å². The first kappa shape index (κ1) is 18.4. The van der Waals surface area contributed by atoms with Crippen LogP contribution in [0.1, 0.15) is 37.5 Å². The van der Waals surface area contributed by atoms with Crippen LogP contribution >= 0.6 is 11.8 Å². The Morgan fingerprint density at radius 1 is 1.31 bits per heavy atom. The Morgan fingerprint density at radius 2 is 2.12 bits per heavy atom. The van der Waals surface area contributed by atoms with Gasteiger partial charge in [-0.3, -0.25) is 9.69 Å². The van der Waals surface area contributed by atoms with Crippen LogP contribution in [0.5, 0.6) is 0 Å². The molecule has 0 spiro atoms. The minimum Gasteiger partial charge on any atom is -0.463 e. The third-order valence-corrected chi connectivity index (χ3v) is 5.20. The molecule has 26 heavy (non-hydrogen) atoms. The van der Waals surface area contributed by atoms with Crippen molar-refractivity contribution < 1.29 is 13.6 Å². The number of unbranched alkanes of at least 4 members (excludes halogenated alkanes) is 1. The number of carbonyl (C=O) groups is 1. The number of rotatable bonds is 7. The van der Waals surface area contributed by atoms with Crippen LogP contribution in [0.2, 0.25) is 0 Å². The van der Waals surface area contributed by atoms with Gasteiger partial charge in [-0.2, -0.15) is 5.10 Å². The van der Waals surface area contributed by atoms with Gasteiger partial charge < -0.3 is 4.42 Å². The highest BCUT2D eigenvalue weighted by Crippen LogP contribution is 2.32. The minimum atomic E-state index is -0.298. The molecule has 5 nitrogen and oxygen atoms in total. The summed E-state index contributed by atoms with van der Waals surface area (Å²) >= 11 is 1.43. The van der Waals surface area contributed by atoms with E-state index in [0.29, 0.717) is 17.5 Å². The van der Waals surface area contributed by atoms with Crippen molar-refractivity contribution in [2.24, 2.45) is 10.2 Å². The van der Waals surface area contributed by atoms with Crippen LogP contribution in [0.25, 0.3) is 0 Å². The smallest absolute Gasteiger partial charge is 0.242 e. The highest BCUT2D eigenvalue weighted by atomic mass is 32.2. The third-order valence-electron chi connectivity index (χ3n) is 3.97. The second-order valence-electron chi connectivity index (χ2n) is 5.94. The first-order valence-electron chi connectivity index (χ1n) is 8.54. The minimum absolute atomic E-state index is 0.0275. The van der Waals surface area contributed by atoms with Gasteiger partial charge in [0.15, 0.2) is 5.17 Å². The zero-order chi connectivity index (χ0) is 18.4. The van der Waals surface area contributed by atoms with Gasteiger partial charge in [-0.05, 0) is 36.2 Å². The number of halogens is 1. The zero-order valence-corrected chi connectivity index (χ0v) is 15.3. The van der Waals surface area contributed by atoms with Gasteiger partial charge in [-0.25, -0.2) is 4.39 Å². The number of furan rings is 1. The molecule has 0 saturated carbocycles.